The highest BCUT2D eigenvalue weighted by Crippen LogP contribution is 2.51. The minimum absolute atomic E-state index is 0.0260. The third kappa shape index (κ3) is 3.78. The number of hydrogen-bond acceptors (Lipinski definition) is 6. The van der Waals surface area contributed by atoms with Crippen LogP contribution in [0.5, 0.6) is 0 Å². The average Bonchev–Trinajstić information content (AvgIpc) is 3.23. The van der Waals surface area contributed by atoms with E-state index in [0.29, 0.717) is 13.0 Å². The van der Waals surface area contributed by atoms with Crippen molar-refractivity contribution in [2.75, 3.05) is 13.3 Å². The van der Waals surface area contributed by atoms with Crippen LogP contribution in [0, 0.1) is 0 Å². The van der Waals surface area contributed by atoms with Crippen molar-refractivity contribution < 1.29 is 23.9 Å². The number of ether oxygens (including phenoxy) is 1. The van der Waals surface area contributed by atoms with Crippen molar-refractivity contribution in [1.29, 1.82) is 0 Å². The predicted molar refractivity (Wildman–Crippen MR) is 110 cm³/mol. The van der Waals surface area contributed by atoms with Crippen molar-refractivity contribution in [1.82, 2.24) is 15.1 Å². The van der Waals surface area contributed by atoms with E-state index in [1.54, 1.807) is 0 Å². The Morgan fingerprint density at radius 1 is 1.23 bits per heavy atom. The monoisotopic (exact) mass is 431 g/mol. The topological polar surface area (TPSA) is 96.0 Å². The quantitative estimate of drug-likeness (QED) is 0.531. The zero-order valence-electron chi connectivity index (χ0n) is 17.0. The second-order valence-corrected chi connectivity index (χ2v) is 10.1. The fourth-order valence-corrected chi connectivity index (χ4v) is 5.81. The highest BCUT2D eigenvalue weighted by Gasteiger charge is 2.64. The molecule has 3 amide bonds. The molecule has 0 aliphatic carbocycles. The first-order chi connectivity index (χ1) is 14.3. The largest absolute Gasteiger partial charge is 0.443 e. The van der Waals surface area contributed by atoms with E-state index in [1.807, 2.05) is 44.2 Å². The molecule has 3 fully saturated rings. The summed E-state index contributed by atoms with van der Waals surface area (Å²) in [4.78, 5) is 52.7. The fraction of sp³-hybridized carbons (Fsp3) is 0.524. The summed E-state index contributed by atoms with van der Waals surface area (Å²) in [6, 6.07) is 7.92. The Morgan fingerprint density at radius 3 is 2.63 bits per heavy atom. The van der Waals surface area contributed by atoms with Crippen LogP contribution in [0.1, 0.15) is 32.3 Å². The van der Waals surface area contributed by atoms with Crippen molar-refractivity contribution in [3.63, 3.8) is 0 Å². The average molecular weight is 432 g/mol. The molecule has 0 bridgehead atoms. The van der Waals surface area contributed by atoms with Gasteiger partial charge in [0.1, 0.15) is 17.5 Å². The molecule has 1 aromatic carbocycles. The number of amides is 3. The number of thioether (sulfide) groups is 1. The van der Waals surface area contributed by atoms with Gasteiger partial charge in [-0.2, -0.15) is 0 Å². The second kappa shape index (κ2) is 7.94. The van der Waals surface area contributed by atoms with Gasteiger partial charge in [0.25, 0.3) is 0 Å². The van der Waals surface area contributed by atoms with Crippen LogP contribution in [-0.4, -0.2) is 69.0 Å². The van der Waals surface area contributed by atoms with E-state index in [2.05, 4.69) is 5.32 Å². The Kier molecular flexibility index (Phi) is 5.48. The van der Waals surface area contributed by atoms with Crippen molar-refractivity contribution >= 4 is 35.5 Å². The fourth-order valence-electron chi connectivity index (χ4n) is 4.19. The number of esters is 1. The third-order valence-electron chi connectivity index (χ3n) is 5.72. The highest BCUT2D eigenvalue weighted by molar-refractivity contribution is 8.01. The lowest BCUT2D eigenvalue weighted by Gasteiger charge is -2.44. The molecule has 0 spiro atoms. The maximum absolute atomic E-state index is 12.8. The molecule has 9 heteroatoms. The molecular weight excluding hydrogens is 406 g/mol. The second-order valence-electron chi connectivity index (χ2n) is 8.32. The number of nitrogens with one attached hydrogen (secondary N) is 1. The van der Waals surface area contributed by atoms with Crippen LogP contribution in [0.25, 0.3) is 0 Å². The van der Waals surface area contributed by atoms with Gasteiger partial charge in [-0.3, -0.25) is 14.4 Å². The van der Waals surface area contributed by atoms with Crippen molar-refractivity contribution in [2.45, 2.75) is 55.3 Å². The van der Waals surface area contributed by atoms with Crippen LogP contribution in [0.2, 0.25) is 0 Å². The van der Waals surface area contributed by atoms with E-state index in [9.17, 15) is 19.2 Å². The van der Waals surface area contributed by atoms with E-state index >= 15 is 0 Å². The number of likely N-dealkylation sites (tertiary alicyclic amines) is 1. The first-order valence-corrected chi connectivity index (χ1v) is 10.9. The third-order valence-corrected chi connectivity index (χ3v) is 7.29. The molecule has 3 aliphatic rings. The Bertz CT molecular complexity index is 875. The summed E-state index contributed by atoms with van der Waals surface area (Å²) in [5.41, 5.74) is 0.871. The summed E-state index contributed by atoms with van der Waals surface area (Å²) in [5.74, 6) is -1.05. The van der Waals surface area contributed by atoms with Crippen molar-refractivity contribution in [3.8, 4) is 0 Å². The number of rotatable bonds is 6. The van der Waals surface area contributed by atoms with Crippen molar-refractivity contribution in [2.24, 2.45) is 0 Å². The van der Waals surface area contributed by atoms with Crippen LogP contribution >= 0.6 is 11.8 Å². The molecule has 0 radical (unpaired) electrons. The summed E-state index contributed by atoms with van der Waals surface area (Å²) in [6.45, 7) is 4.27. The van der Waals surface area contributed by atoms with Gasteiger partial charge in [0.05, 0.1) is 6.42 Å². The molecule has 1 N–H and O–H groups in total. The zero-order chi connectivity index (χ0) is 21.5. The molecule has 0 saturated carbocycles. The van der Waals surface area contributed by atoms with Gasteiger partial charge in [-0.05, 0) is 25.8 Å². The standard InChI is InChI=1S/C21H25N3O5S/c1-21(2)17(20(28)29-12-23-10-6-9-15(23)26)24-18(27)16(19(24)30-21)22-14(25)11-13-7-4-3-5-8-13/h3-5,7-8,16-17,19H,6,9-12H2,1-2H3,(H,22,25)/t16-,17+,19-/m1/s1. The van der Waals surface area contributed by atoms with Gasteiger partial charge in [0, 0.05) is 17.7 Å². The summed E-state index contributed by atoms with van der Waals surface area (Å²) in [5, 5.41) is 2.50. The molecular formula is C21H25N3O5S. The first-order valence-electron chi connectivity index (χ1n) is 10.1. The molecule has 3 aliphatic heterocycles. The molecule has 0 aromatic heterocycles. The molecule has 3 atom stereocenters. The van der Waals surface area contributed by atoms with Crippen LogP contribution in [0.4, 0.5) is 0 Å². The summed E-state index contributed by atoms with van der Waals surface area (Å²) in [7, 11) is 0. The van der Waals surface area contributed by atoms with Gasteiger partial charge in [0.2, 0.25) is 17.7 Å². The minimum Gasteiger partial charge on any atom is -0.443 e. The number of hydrogen-bond donors (Lipinski definition) is 1. The summed E-state index contributed by atoms with van der Waals surface area (Å²) in [6.07, 6.45) is 1.43. The molecule has 3 heterocycles. The maximum Gasteiger partial charge on any atom is 0.332 e. The lowest BCUT2D eigenvalue weighted by Crippen LogP contribution is -2.70. The zero-order valence-corrected chi connectivity index (χ0v) is 17.8. The predicted octanol–water partition coefficient (Wildman–Crippen LogP) is 0.899. The van der Waals surface area contributed by atoms with Gasteiger partial charge in [0.15, 0.2) is 6.73 Å². The number of carbonyl (C=O) groups is 4. The van der Waals surface area contributed by atoms with Crippen LogP contribution in [-0.2, 0) is 30.3 Å². The lowest BCUT2D eigenvalue weighted by molar-refractivity contribution is -0.167. The smallest absolute Gasteiger partial charge is 0.332 e. The van der Waals surface area contributed by atoms with Gasteiger partial charge in [-0.15, -0.1) is 11.8 Å². The van der Waals surface area contributed by atoms with Gasteiger partial charge < -0.3 is 19.9 Å². The Labute approximate surface area is 179 Å². The van der Waals surface area contributed by atoms with Gasteiger partial charge in [-0.25, -0.2) is 4.79 Å². The Balaban J connectivity index is 1.37. The summed E-state index contributed by atoms with van der Waals surface area (Å²) >= 11 is 1.48. The van der Waals surface area contributed by atoms with E-state index in [0.717, 1.165) is 12.0 Å². The Hall–Kier alpha value is -2.55. The molecule has 160 valence electrons. The van der Waals surface area contributed by atoms with Gasteiger partial charge in [-0.1, -0.05) is 30.3 Å². The van der Waals surface area contributed by atoms with E-state index in [1.165, 1.54) is 21.6 Å². The molecule has 0 unspecified atom stereocenters. The van der Waals surface area contributed by atoms with Crippen molar-refractivity contribution in [3.05, 3.63) is 35.9 Å². The SMILES string of the molecule is CC1(C)S[C@@H]2[C@H](NC(=O)Cc3ccccc3)C(=O)N2[C@H]1C(=O)OCN1CCCC1=O. The van der Waals surface area contributed by atoms with E-state index in [4.69, 9.17) is 4.74 Å². The number of nitrogens with zero attached hydrogens (tertiary/aromatic N) is 2. The minimum atomic E-state index is -0.750. The first kappa shape index (κ1) is 20.7. The lowest BCUT2D eigenvalue weighted by atomic mass is 9.96. The summed E-state index contributed by atoms with van der Waals surface area (Å²) < 4.78 is 4.82. The van der Waals surface area contributed by atoms with Crippen LogP contribution in [0.3, 0.4) is 0 Å². The van der Waals surface area contributed by atoms with Crippen LogP contribution in [0.15, 0.2) is 30.3 Å². The number of benzene rings is 1. The van der Waals surface area contributed by atoms with E-state index < -0.39 is 22.8 Å². The molecule has 3 saturated heterocycles. The molecule has 30 heavy (non-hydrogen) atoms. The normalized spacial score (nSPS) is 26.9. The van der Waals surface area contributed by atoms with Gasteiger partial charge >= 0.3 is 5.97 Å². The Morgan fingerprint density at radius 2 is 1.97 bits per heavy atom. The van der Waals surface area contributed by atoms with E-state index in [-0.39, 0.29) is 36.2 Å². The molecule has 8 nitrogen and oxygen atoms in total. The number of β-lactam (4-membered cyclic amide) rings is 1. The van der Waals surface area contributed by atoms with Crippen LogP contribution < -0.4 is 5.32 Å². The number of fused-ring (bicyclic) bond motifs is 1. The molecule has 4 rings (SSSR count). The molecule has 1 aromatic rings. The maximum atomic E-state index is 12.8. The number of carbonyl (C=O) groups excluding carboxylic acids is 4. The highest BCUT2D eigenvalue weighted by atomic mass is 32.2.